The van der Waals surface area contributed by atoms with Crippen molar-refractivity contribution in [3.8, 4) is 0 Å². The first kappa shape index (κ1) is 80.3. The Labute approximate surface area is 595 Å². The predicted octanol–water partition coefficient (Wildman–Crippen LogP) is 7.59. The maximum atomic E-state index is 13.6. The molecule has 0 bridgehead atoms. The molecule has 38 heteroatoms. The molecule has 0 unspecified atom stereocenters. The van der Waals surface area contributed by atoms with Crippen LogP contribution in [0.1, 0.15) is 71.5 Å². The number of aliphatic carboxylic acids is 1. The summed E-state index contributed by atoms with van der Waals surface area (Å²) in [6.07, 6.45) is -18.9. The summed E-state index contributed by atoms with van der Waals surface area (Å²) in [5, 5.41) is 33.4. The molecule has 7 saturated heterocycles. The minimum absolute atomic E-state index is 0. The van der Waals surface area contributed by atoms with Crippen molar-refractivity contribution in [1.82, 2.24) is 20.6 Å². The smallest absolute Gasteiger partial charge is 0.416 e. The Morgan fingerprint density at radius 1 is 0.505 bits per heavy atom. The third kappa shape index (κ3) is 16.8. The molecular formula is C65H67Cl3F9N9O17. The first-order valence-corrected chi connectivity index (χ1v) is 31.5. The van der Waals surface area contributed by atoms with E-state index in [0.717, 1.165) is 45.0 Å². The summed E-state index contributed by atoms with van der Waals surface area (Å²) in [6.45, 7) is 12.4. The number of rotatable bonds is 9. The number of benzene rings is 3. The summed E-state index contributed by atoms with van der Waals surface area (Å²) in [5.41, 5.74) is -1.53. The number of amides is 7. The molecular weight excluding hydrogens is 1460 g/mol. The van der Waals surface area contributed by atoms with Crippen molar-refractivity contribution in [2.24, 2.45) is 0 Å². The van der Waals surface area contributed by atoms with Crippen LogP contribution in [0.3, 0.4) is 0 Å². The number of nitrogens with one attached hydrogen (secondary N) is 2. The van der Waals surface area contributed by atoms with Crippen LogP contribution in [0.5, 0.6) is 0 Å². The third-order valence-corrected chi connectivity index (χ3v) is 17.4. The number of fused-ring (bicyclic) bond motifs is 3. The van der Waals surface area contributed by atoms with Gasteiger partial charge in [-0.1, -0.05) is 42.2 Å². The van der Waals surface area contributed by atoms with Crippen LogP contribution in [0, 0.1) is 31.3 Å². The Balaban J connectivity index is 0.000000180. The maximum Gasteiger partial charge on any atom is 0.416 e. The largest absolute Gasteiger partial charge is 0.480 e. The van der Waals surface area contributed by atoms with Crippen molar-refractivity contribution >= 4 is 111 Å². The van der Waals surface area contributed by atoms with Crippen LogP contribution >= 0.6 is 34.8 Å². The second kappa shape index (κ2) is 29.6. The lowest BCUT2D eigenvalue weighted by molar-refractivity contribution is -0.167. The molecule has 0 aliphatic carbocycles. The molecule has 26 nitrogen and oxygen atoms in total. The number of halogens is 12. The molecule has 9 heterocycles. The minimum atomic E-state index is -4.76. The maximum absolute atomic E-state index is 13.6. The Morgan fingerprint density at radius 3 is 1.22 bits per heavy atom. The molecule has 7 aliphatic heterocycles. The van der Waals surface area contributed by atoms with Gasteiger partial charge in [-0.05, 0) is 134 Å². The summed E-state index contributed by atoms with van der Waals surface area (Å²) in [5.74, 6) is -11.9. The van der Waals surface area contributed by atoms with Gasteiger partial charge in [0.15, 0.2) is 47.8 Å². The van der Waals surface area contributed by atoms with Crippen LogP contribution in [-0.2, 0) is 79.1 Å². The van der Waals surface area contributed by atoms with Crippen molar-refractivity contribution in [3.05, 3.63) is 134 Å². The highest BCUT2D eigenvalue weighted by Crippen LogP contribution is 2.43. The molecule has 0 saturated carbocycles. The van der Waals surface area contributed by atoms with Gasteiger partial charge in [0.05, 0.1) is 26.2 Å². The number of pyridine rings is 2. The predicted molar refractivity (Wildman–Crippen MR) is 347 cm³/mol. The number of aromatic nitrogens is 2. The monoisotopic (exact) mass is 1520 g/mol. The highest BCUT2D eigenvalue weighted by Gasteiger charge is 2.63. The third-order valence-electron chi connectivity index (χ3n) is 16.6. The highest BCUT2D eigenvalue weighted by molar-refractivity contribution is 6.32. The fourth-order valence-electron chi connectivity index (χ4n) is 11.9. The number of hydrogen-bond donors (Lipinski definition) is 5. The van der Waals surface area contributed by atoms with Crippen molar-refractivity contribution in [2.45, 2.75) is 166 Å². The zero-order valence-electron chi connectivity index (χ0n) is 55.2. The number of carboxylic acid groups (broad SMARTS) is 1. The Morgan fingerprint density at radius 2 is 0.845 bits per heavy atom. The second-order valence-electron chi connectivity index (χ2n) is 25.3. The van der Waals surface area contributed by atoms with Gasteiger partial charge < -0.3 is 69.1 Å². The van der Waals surface area contributed by atoms with E-state index in [1.54, 1.807) is 41.5 Å². The molecule has 7 amide bonds. The van der Waals surface area contributed by atoms with Crippen LogP contribution < -0.4 is 35.1 Å². The van der Waals surface area contributed by atoms with Crippen LogP contribution in [-0.4, -0.2) is 184 Å². The van der Waals surface area contributed by atoms with Crippen LogP contribution in [0.2, 0.25) is 15.1 Å². The standard InChI is InChI=1S/C22H20ClF4N3O4.C19H16ClF4N3O4.C15H16ClFN2O4.C8H11NO5.CH4/c1-10-7-11(22(25,26)27)8-15(28-10)30-16(17-18(20(30)32)34-21(2,3)33-17)19(31)29(4)12-5-6-14(24)13(23)9-12;1-8-5-9(19(22,23)24)6-13(25-8)27-14(15(28)16(29)18(27)31)17(30)26(2)10-3-4-12(21)11(20)7-10;1-15(2)22-11-10(18-13(20)12(11)23-15)14(21)19(3)7-4-5-9(17)8(16)6-7;1-8(2)13-4-3(7(11)12)9-6(10)5(4)14-8;/h5-9,16-18H,1-4H3;3-7,14-16,28-29H,1-2H3;4-6,10-12H,1-3H3,(H,18,20);3-5H,1-2H3,(H,9,10)(H,11,12);1H4/t16-,17-,18-;14-,15-,16-;10-,11-,12-;3-,4-,5-;/m0000./s1. The number of carboxylic acids is 1. The van der Waals surface area contributed by atoms with Crippen LogP contribution in [0.4, 0.5) is 68.2 Å². The van der Waals surface area contributed by atoms with Crippen molar-refractivity contribution in [3.63, 3.8) is 0 Å². The Hall–Kier alpha value is -8.36. The van der Waals surface area contributed by atoms with E-state index in [1.807, 2.05) is 0 Å². The van der Waals surface area contributed by atoms with Crippen LogP contribution in [0.15, 0.2) is 78.9 Å². The topological polar surface area (TPSA) is 319 Å². The number of aliphatic hydroxyl groups excluding tert-OH is 2. The molecule has 2 aromatic heterocycles. The lowest BCUT2D eigenvalue weighted by atomic mass is 10.1. The van der Waals surface area contributed by atoms with E-state index in [9.17, 15) is 88.1 Å². The zero-order valence-corrected chi connectivity index (χ0v) is 57.4. The van der Waals surface area contributed by atoms with Gasteiger partial charge in [-0.3, -0.25) is 43.4 Å². The van der Waals surface area contributed by atoms with E-state index in [4.69, 9.17) is 68.3 Å². The van der Waals surface area contributed by atoms with E-state index in [1.165, 1.54) is 76.3 Å². The number of aliphatic hydroxyl groups is 2. The molecule has 5 N–H and O–H groups in total. The van der Waals surface area contributed by atoms with E-state index in [-0.39, 0.29) is 57.0 Å². The molecule has 12 rings (SSSR count). The van der Waals surface area contributed by atoms with Gasteiger partial charge in [-0.2, -0.15) is 26.3 Å². The fraction of sp³-hybridized carbons (Fsp3) is 0.446. The average Bonchev–Trinajstić information content (AvgIpc) is 1.60. The van der Waals surface area contributed by atoms with Crippen molar-refractivity contribution in [1.29, 1.82) is 0 Å². The number of likely N-dealkylation sites (N-methyl/N-ethyl adjacent to an activating group) is 3. The van der Waals surface area contributed by atoms with Crippen molar-refractivity contribution < 1.29 is 122 Å². The molecule has 7 aliphatic rings. The van der Waals surface area contributed by atoms with E-state index in [2.05, 4.69) is 20.6 Å². The summed E-state index contributed by atoms with van der Waals surface area (Å²) < 4.78 is 153. The number of ether oxygens (including phenoxy) is 6. The van der Waals surface area contributed by atoms with E-state index in [0.29, 0.717) is 22.7 Å². The molecule has 3 aromatic carbocycles. The summed E-state index contributed by atoms with van der Waals surface area (Å²) >= 11 is 17.3. The van der Waals surface area contributed by atoms with Gasteiger partial charge in [-0.25, -0.2) is 27.9 Å². The van der Waals surface area contributed by atoms with Gasteiger partial charge >= 0.3 is 18.3 Å². The Bertz CT molecular complexity index is 4200. The molecule has 12 atom stereocenters. The molecule has 7 fully saturated rings. The average molecular weight is 1520 g/mol. The molecule has 0 radical (unpaired) electrons. The van der Waals surface area contributed by atoms with Crippen molar-refractivity contribution in [2.75, 3.05) is 45.6 Å². The Kier molecular flexibility index (Phi) is 23.1. The summed E-state index contributed by atoms with van der Waals surface area (Å²) in [6, 6.07) is 8.63. The van der Waals surface area contributed by atoms with Gasteiger partial charge in [0.2, 0.25) is 0 Å². The van der Waals surface area contributed by atoms with Gasteiger partial charge in [0, 0.05) is 49.6 Å². The van der Waals surface area contributed by atoms with Gasteiger partial charge in [0.1, 0.15) is 71.6 Å². The number of anilines is 5. The summed E-state index contributed by atoms with van der Waals surface area (Å²) in [7, 11) is 4.12. The molecule has 5 aromatic rings. The number of nitrogens with zero attached hydrogens (tertiary/aromatic N) is 7. The minimum Gasteiger partial charge on any atom is -0.480 e. The number of alkyl halides is 6. The number of hydrogen-bond acceptors (Lipinski definition) is 18. The first-order valence-electron chi connectivity index (χ1n) is 30.3. The molecule has 558 valence electrons. The number of carbonyl (C=O) groups excluding carboxylic acids is 7. The molecule has 103 heavy (non-hydrogen) atoms. The quantitative estimate of drug-likeness (QED) is 0.0887. The number of aryl methyl sites for hydroxylation is 2. The van der Waals surface area contributed by atoms with Gasteiger partial charge in [0.25, 0.3) is 41.4 Å². The second-order valence-corrected chi connectivity index (χ2v) is 26.5. The normalized spacial score (nSPS) is 26.0. The summed E-state index contributed by atoms with van der Waals surface area (Å²) in [4.78, 5) is 112. The number of carbonyl (C=O) groups is 8. The zero-order chi connectivity index (χ0) is 75.9. The lowest BCUT2D eigenvalue weighted by Crippen LogP contribution is -2.51. The van der Waals surface area contributed by atoms with E-state index < -0.39 is 179 Å². The van der Waals surface area contributed by atoms with Crippen LogP contribution in [0.25, 0.3) is 0 Å². The molecule has 0 spiro atoms. The van der Waals surface area contributed by atoms with E-state index >= 15 is 0 Å². The highest BCUT2D eigenvalue weighted by atomic mass is 35.5. The fourth-order valence-corrected chi connectivity index (χ4v) is 12.4. The lowest BCUT2D eigenvalue weighted by Gasteiger charge is -2.31. The first-order chi connectivity index (χ1) is 47.1. The SMILES string of the molecule is C.CC1(C)O[C@H]2[C@@H](C(=O)O)NC(=O)[C@H]2O1.CN(C(=O)[C@H]1NC(=O)[C@H]2OC(C)(C)O[C@@H]12)c1ccc(F)c(Cl)c1.Cc1cc(C(F)(F)F)cc(N2C(=O)[C@@H](O)[C@@H](O)[C@H]2C(=O)N(C)c2ccc(F)c(Cl)c2)n1.Cc1cc(C(F)(F)F)cc(N2C(=O)[C@H]3OC(C)(C)O[C@H]3[C@H]2C(=O)N(C)c2ccc(F)c(Cl)c2)n1. The van der Waals surface area contributed by atoms with Gasteiger partial charge in [-0.15, -0.1) is 0 Å².